The van der Waals surface area contributed by atoms with Crippen molar-refractivity contribution in [2.24, 2.45) is 5.41 Å². The molecule has 1 aromatic heterocycles. The van der Waals surface area contributed by atoms with Crippen LogP contribution < -0.4 is 41.2 Å². The minimum absolute atomic E-state index is 0.00133. The number of anilines is 2. The number of piperidine rings is 1. The largest absolute Gasteiger partial charge is 0.493 e. The zero-order chi connectivity index (χ0) is 47.4. The van der Waals surface area contributed by atoms with Crippen molar-refractivity contribution < 1.29 is 66.1 Å². The SMILES string of the molecule is CNC(=O)C(CC1(COc2cc3c(N[C@H](C)c4cc(N)cc(C(F)(F)F)c4)nc(C)nc3cc2OC)CC1)NC(=O)COc1ccc2c(c1)C(=O)N(C1CCC(=O)NC1=O)C2=O.O=CO. The van der Waals surface area contributed by atoms with Crippen molar-refractivity contribution in [1.29, 1.82) is 0 Å². The van der Waals surface area contributed by atoms with Crippen LogP contribution in [0.3, 0.4) is 0 Å². The number of methoxy groups -OCH3 is 1. The van der Waals surface area contributed by atoms with E-state index in [1.807, 2.05) is 0 Å². The zero-order valence-corrected chi connectivity index (χ0v) is 35.5. The van der Waals surface area contributed by atoms with Gasteiger partial charge in [-0.05, 0) is 87.6 Å². The number of nitrogens with two attached hydrogens (primary N) is 1. The normalized spacial score (nSPS) is 17.2. The maximum atomic E-state index is 13.6. The Morgan fingerprint density at radius 2 is 1.74 bits per heavy atom. The number of likely N-dealkylation sites (N-methyl/N-ethyl adjacent to an activating group) is 1. The molecule has 3 aromatic carbocycles. The van der Waals surface area contributed by atoms with Crippen LogP contribution in [0, 0.1) is 12.3 Å². The molecule has 4 aromatic rings. The lowest BCUT2D eigenvalue weighted by atomic mass is 9.97. The van der Waals surface area contributed by atoms with Crippen molar-refractivity contribution >= 4 is 64.3 Å². The fourth-order valence-electron chi connectivity index (χ4n) is 7.57. The van der Waals surface area contributed by atoms with Crippen molar-refractivity contribution in [3.05, 3.63) is 76.6 Å². The monoisotopic (exact) mass is 906 g/mol. The van der Waals surface area contributed by atoms with Gasteiger partial charge >= 0.3 is 6.18 Å². The number of alkyl halides is 3. The molecule has 2 aliphatic heterocycles. The molecule has 0 spiro atoms. The van der Waals surface area contributed by atoms with E-state index >= 15 is 0 Å². The predicted octanol–water partition coefficient (Wildman–Crippen LogP) is 3.68. The standard InChI is InChI=1S/C42H43F3N8O9.CH2O2/c1-20(22-11-23(42(43,44)45)13-24(46)12-22)48-36-28-15-33(32(60-4)16-29(28)49-21(2)50-36)62-19-41(9-10-41)17-30(37(56)47-3)51-35(55)18-61-25-5-6-26-27(14-25)40(59)53(39(26)58)31-7-8-34(54)52-38(31)57;2-1-3/h5-6,11-16,20,30-31H,7-10,17-19,46H2,1-4H3,(H,47,56)(H,51,55)(H,48,49,50)(H,52,54,57);1H,(H,2,3)/t20-,30?,31?;/m1./s1. The second-order valence-electron chi connectivity index (χ2n) is 15.7. The van der Waals surface area contributed by atoms with Crippen molar-refractivity contribution in [3.8, 4) is 17.2 Å². The van der Waals surface area contributed by atoms with Crippen molar-refractivity contribution in [2.75, 3.05) is 38.4 Å². The number of ether oxygens (including phenoxy) is 3. The Labute approximate surface area is 368 Å². The van der Waals surface area contributed by atoms with Gasteiger partial charge in [0.15, 0.2) is 18.1 Å². The quantitative estimate of drug-likeness (QED) is 0.0564. The van der Waals surface area contributed by atoms with Crippen LogP contribution in [0.15, 0.2) is 48.5 Å². The van der Waals surface area contributed by atoms with Crippen LogP contribution in [0.25, 0.3) is 10.9 Å². The molecule has 2 unspecified atom stereocenters. The molecule has 3 aliphatic rings. The number of hydrogen-bond acceptors (Lipinski definition) is 14. The molecule has 3 heterocycles. The molecule has 19 nitrogen and oxygen atoms in total. The third-order valence-electron chi connectivity index (χ3n) is 11.1. The average molecular weight is 907 g/mol. The number of nitrogens with zero attached hydrogens (tertiary/aromatic N) is 3. The first-order valence-electron chi connectivity index (χ1n) is 20.1. The first-order valence-corrected chi connectivity index (χ1v) is 20.1. The number of aromatic nitrogens is 2. The highest BCUT2D eigenvalue weighted by molar-refractivity contribution is 6.23. The lowest BCUT2D eigenvalue weighted by molar-refractivity contribution is -0.138. The molecule has 3 atom stereocenters. The van der Waals surface area contributed by atoms with Crippen molar-refractivity contribution in [1.82, 2.24) is 30.8 Å². The van der Waals surface area contributed by atoms with Crippen LogP contribution in [0.2, 0.25) is 0 Å². The molecule has 7 rings (SSSR count). The van der Waals surface area contributed by atoms with Gasteiger partial charge < -0.3 is 41.0 Å². The lowest BCUT2D eigenvalue weighted by Gasteiger charge is -2.27. The van der Waals surface area contributed by atoms with Gasteiger partial charge in [0.2, 0.25) is 17.7 Å². The number of rotatable bonds is 15. The molecule has 2 fully saturated rings. The minimum atomic E-state index is -4.59. The van der Waals surface area contributed by atoms with E-state index in [-0.39, 0.29) is 54.9 Å². The van der Waals surface area contributed by atoms with Gasteiger partial charge in [0.1, 0.15) is 29.5 Å². The van der Waals surface area contributed by atoms with Gasteiger partial charge in [-0.15, -0.1) is 0 Å². The van der Waals surface area contributed by atoms with Crippen molar-refractivity contribution in [3.63, 3.8) is 0 Å². The van der Waals surface area contributed by atoms with Crippen LogP contribution in [-0.2, 0) is 30.1 Å². The van der Waals surface area contributed by atoms with Gasteiger partial charge in [-0.25, -0.2) is 9.97 Å². The summed E-state index contributed by atoms with van der Waals surface area (Å²) >= 11 is 0. The molecule has 344 valence electrons. The van der Waals surface area contributed by atoms with Crippen LogP contribution in [0.4, 0.5) is 24.7 Å². The van der Waals surface area contributed by atoms with Crippen LogP contribution in [-0.4, -0.2) is 101 Å². The molecular weight excluding hydrogens is 862 g/mol. The number of amides is 6. The summed E-state index contributed by atoms with van der Waals surface area (Å²) < 4.78 is 58.3. The topological polar surface area (TPSA) is 271 Å². The Kier molecular flexibility index (Phi) is 13.8. The average Bonchev–Trinajstić information content (AvgIpc) is 3.98. The number of hydrogen-bond donors (Lipinski definition) is 6. The third-order valence-corrected chi connectivity index (χ3v) is 11.1. The molecule has 0 radical (unpaired) electrons. The van der Waals surface area contributed by atoms with Gasteiger partial charge in [0, 0.05) is 36.0 Å². The van der Waals surface area contributed by atoms with Gasteiger partial charge in [0.25, 0.3) is 24.2 Å². The molecule has 65 heavy (non-hydrogen) atoms. The highest BCUT2D eigenvalue weighted by Crippen LogP contribution is 2.50. The van der Waals surface area contributed by atoms with E-state index in [4.69, 9.17) is 29.8 Å². The Bertz CT molecular complexity index is 2570. The van der Waals surface area contributed by atoms with E-state index in [9.17, 15) is 41.9 Å². The maximum absolute atomic E-state index is 13.6. The zero-order valence-electron chi connectivity index (χ0n) is 35.5. The fraction of sp³-hybridized carbons (Fsp3) is 0.372. The first kappa shape index (κ1) is 47.0. The molecule has 0 bridgehead atoms. The van der Waals surface area contributed by atoms with Crippen LogP contribution in [0.5, 0.6) is 17.2 Å². The molecule has 1 saturated heterocycles. The van der Waals surface area contributed by atoms with Crippen molar-refractivity contribution in [2.45, 2.75) is 70.3 Å². The van der Waals surface area contributed by atoms with Crippen LogP contribution in [0.1, 0.15) is 82.7 Å². The van der Waals surface area contributed by atoms with Gasteiger partial charge in [-0.3, -0.25) is 43.8 Å². The molecule has 1 aliphatic carbocycles. The number of halogens is 3. The predicted molar refractivity (Wildman–Crippen MR) is 224 cm³/mol. The Morgan fingerprint density at radius 1 is 1.03 bits per heavy atom. The minimum Gasteiger partial charge on any atom is -0.493 e. The molecule has 7 N–H and O–H groups in total. The number of benzene rings is 3. The molecular formula is C43H45F3N8O11. The maximum Gasteiger partial charge on any atom is 0.416 e. The van der Waals surface area contributed by atoms with Gasteiger partial charge in [-0.1, -0.05) is 0 Å². The van der Waals surface area contributed by atoms with Gasteiger partial charge in [-0.2, -0.15) is 13.2 Å². The van der Waals surface area contributed by atoms with E-state index < -0.39 is 77.3 Å². The number of carboxylic acid groups (broad SMARTS) is 1. The summed E-state index contributed by atoms with van der Waals surface area (Å²) in [7, 11) is 2.90. The first-order chi connectivity index (χ1) is 30.8. The van der Waals surface area contributed by atoms with E-state index in [1.165, 1.54) is 38.4 Å². The summed E-state index contributed by atoms with van der Waals surface area (Å²) in [5.74, 6) is -2.26. The number of imide groups is 2. The summed E-state index contributed by atoms with van der Waals surface area (Å²) in [4.78, 5) is 94.7. The van der Waals surface area contributed by atoms with E-state index in [0.717, 1.165) is 17.0 Å². The number of aryl methyl sites for hydroxylation is 1. The second-order valence-corrected chi connectivity index (χ2v) is 15.7. The van der Waals surface area contributed by atoms with E-state index in [2.05, 4.69) is 31.2 Å². The lowest BCUT2D eigenvalue weighted by Crippen LogP contribution is -2.54. The Hall–Kier alpha value is -7.52. The highest BCUT2D eigenvalue weighted by atomic mass is 19.4. The Morgan fingerprint density at radius 3 is 2.38 bits per heavy atom. The van der Waals surface area contributed by atoms with Crippen LogP contribution >= 0.6 is 0 Å². The number of carbonyl (C=O) groups is 7. The number of carbonyl (C=O) groups excluding carboxylic acids is 6. The van der Waals surface area contributed by atoms with Gasteiger partial charge in [0.05, 0.1) is 42.0 Å². The highest BCUT2D eigenvalue weighted by Gasteiger charge is 2.47. The number of fused-ring (bicyclic) bond motifs is 2. The Balaban J connectivity index is 0.00000227. The fourth-order valence-corrected chi connectivity index (χ4v) is 7.57. The smallest absolute Gasteiger partial charge is 0.416 e. The van der Waals surface area contributed by atoms with E-state index in [0.29, 0.717) is 52.4 Å². The number of nitrogen functional groups attached to an aromatic ring is 1. The number of nitrogens with one attached hydrogen (secondary N) is 4. The summed E-state index contributed by atoms with van der Waals surface area (Å²) in [6.07, 6.45) is -3.07. The second kappa shape index (κ2) is 19.1. The summed E-state index contributed by atoms with van der Waals surface area (Å²) in [6, 6.07) is 7.96. The summed E-state index contributed by atoms with van der Waals surface area (Å²) in [5.41, 5.74) is 5.20. The summed E-state index contributed by atoms with van der Waals surface area (Å²) in [5, 5.41) is 18.0. The summed E-state index contributed by atoms with van der Waals surface area (Å²) in [6.45, 7) is 2.70. The third kappa shape index (κ3) is 10.6. The molecule has 1 saturated carbocycles. The molecule has 22 heteroatoms. The van der Waals surface area contributed by atoms with E-state index in [1.54, 1.807) is 26.0 Å². The molecule has 6 amide bonds.